The minimum absolute atomic E-state index is 0.0472. The third-order valence-corrected chi connectivity index (χ3v) is 4.10. The van der Waals surface area contributed by atoms with E-state index in [0.717, 1.165) is 5.75 Å². The average molecular weight is 272 g/mol. The van der Waals surface area contributed by atoms with Crippen LogP contribution >= 0.6 is 0 Å². The van der Waals surface area contributed by atoms with Gasteiger partial charge in [-0.2, -0.15) is 0 Å². The summed E-state index contributed by atoms with van der Waals surface area (Å²) < 4.78 is 6.26. The van der Waals surface area contributed by atoms with Gasteiger partial charge in [0.05, 0.1) is 5.92 Å². The van der Waals surface area contributed by atoms with Gasteiger partial charge in [0.2, 0.25) is 0 Å². The Labute approximate surface area is 124 Å². The summed E-state index contributed by atoms with van der Waals surface area (Å²) in [7, 11) is 0. The highest BCUT2D eigenvalue weighted by molar-refractivity contribution is 5.48. The molecule has 1 aliphatic heterocycles. The van der Waals surface area contributed by atoms with E-state index >= 15 is 0 Å². The predicted octanol–water partition coefficient (Wildman–Crippen LogP) is 4.95. The van der Waals surface area contributed by atoms with Crippen LogP contribution in [-0.2, 0) is 0 Å². The fourth-order valence-corrected chi connectivity index (χ4v) is 3.13. The van der Waals surface area contributed by atoms with Gasteiger partial charge in [-0.05, 0) is 17.2 Å². The molecule has 0 radical (unpaired) electrons. The number of fused-ring (bicyclic) bond motifs is 1. The van der Waals surface area contributed by atoms with E-state index in [4.69, 9.17) is 4.74 Å². The Morgan fingerprint density at radius 1 is 0.571 bits per heavy atom. The molecule has 1 heterocycles. The number of para-hydroxylation sites is 1. The molecule has 1 heteroatoms. The third-order valence-electron chi connectivity index (χ3n) is 4.10. The smallest absolute Gasteiger partial charge is 0.135 e. The van der Waals surface area contributed by atoms with Crippen molar-refractivity contribution in [3.8, 4) is 5.75 Å². The van der Waals surface area contributed by atoms with Crippen molar-refractivity contribution in [3.63, 3.8) is 0 Å². The third kappa shape index (κ3) is 2.11. The standard InChI is InChI=1S/C20H16O/c1-3-9-15(10-4-1)19-17-13-7-8-14-18(17)21-20(19)16-11-5-2-6-12-16/h1-14,19-20H/t19-,20+/m1/s1. The van der Waals surface area contributed by atoms with Gasteiger partial charge in [0.25, 0.3) is 0 Å². The Balaban J connectivity index is 1.85. The SMILES string of the molecule is c1ccc([C@@H]2c3ccccc3O[C@H]2c2ccccc2)cc1. The van der Waals surface area contributed by atoms with Crippen molar-refractivity contribution in [1.82, 2.24) is 0 Å². The van der Waals surface area contributed by atoms with E-state index < -0.39 is 0 Å². The first kappa shape index (κ1) is 12.2. The van der Waals surface area contributed by atoms with Gasteiger partial charge in [-0.1, -0.05) is 78.9 Å². The molecule has 3 aromatic carbocycles. The number of ether oxygens (including phenoxy) is 1. The van der Waals surface area contributed by atoms with Gasteiger partial charge in [-0.25, -0.2) is 0 Å². The van der Waals surface area contributed by atoms with Crippen molar-refractivity contribution in [1.29, 1.82) is 0 Å². The molecule has 0 N–H and O–H groups in total. The molecule has 2 atom stereocenters. The zero-order valence-electron chi connectivity index (χ0n) is 11.6. The lowest BCUT2D eigenvalue weighted by Gasteiger charge is -2.20. The molecule has 1 aliphatic rings. The summed E-state index contributed by atoms with van der Waals surface area (Å²) in [4.78, 5) is 0. The first-order valence-electron chi connectivity index (χ1n) is 7.29. The topological polar surface area (TPSA) is 9.23 Å². The van der Waals surface area contributed by atoms with Crippen LogP contribution < -0.4 is 4.74 Å². The van der Waals surface area contributed by atoms with E-state index in [-0.39, 0.29) is 12.0 Å². The van der Waals surface area contributed by atoms with Gasteiger partial charge in [-0.3, -0.25) is 0 Å². The highest BCUT2D eigenvalue weighted by atomic mass is 16.5. The fraction of sp³-hybridized carbons (Fsp3) is 0.100. The zero-order chi connectivity index (χ0) is 14.1. The largest absolute Gasteiger partial charge is 0.484 e. The van der Waals surface area contributed by atoms with E-state index in [1.54, 1.807) is 0 Å². The van der Waals surface area contributed by atoms with E-state index in [1.807, 2.05) is 12.1 Å². The number of rotatable bonds is 2. The van der Waals surface area contributed by atoms with Gasteiger partial charge in [0, 0.05) is 5.56 Å². The minimum atomic E-state index is 0.0472. The van der Waals surface area contributed by atoms with Gasteiger partial charge < -0.3 is 4.74 Å². The molecule has 4 rings (SSSR count). The summed E-state index contributed by atoms with van der Waals surface area (Å²) in [6.45, 7) is 0. The minimum Gasteiger partial charge on any atom is -0.484 e. The Hall–Kier alpha value is -2.54. The lowest BCUT2D eigenvalue weighted by atomic mass is 9.85. The summed E-state index contributed by atoms with van der Waals surface area (Å²) in [6, 6.07) is 29.5. The Kier molecular flexibility index (Phi) is 2.97. The summed E-state index contributed by atoms with van der Waals surface area (Å²) in [5.41, 5.74) is 3.80. The molecule has 21 heavy (non-hydrogen) atoms. The maximum atomic E-state index is 6.26. The van der Waals surface area contributed by atoms with Crippen molar-refractivity contribution in [2.45, 2.75) is 12.0 Å². The summed E-state index contributed by atoms with van der Waals surface area (Å²) in [6.07, 6.45) is 0.0472. The van der Waals surface area contributed by atoms with E-state index in [2.05, 4.69) is 72.8 Å². The van der Waals surface area contributed by atoms with Crippen molar-refractivity contribution < 1.29 is 4.74 Å². The summed E-state index contributed by atoms with van der Waals surface area (Å²) in [5, 5.41) is 0. The molecule has 0 unspecified atom stereocenters. The normalized spacial score (nSPS) is 19.8. The second kappa shape index (κ2) is 5.10. The first-order valence-corrected chi connectivity index (χ1v) is 7.29. The molecule has 0 bridgehead atoms. The van der Waals surface area contributed by atoms with E-state index in [1.165, 1.54) is 16.7 Å². The first-order chi connectivity index (χ1) is 10.4. The maximum absolute atomic E-state index is 6.26. The van der Waals surface area contributed by atoms with Crippen LogP contribution in [0, 0.1) is 0 Å². The highest BCUT2D eigenvalue weighted by Crippen LogP contribution is 2.49. The molecule has 0 saturated heterocycles. The summed E-state index contributed by atoms with van der Waals surface area (Å²) in [5.74, 6) is 1.25. The molecule has 3 aromatic rings. The van der Waals surface area contributed by atoms with Crippen LogP contribution in [-0.4, -0.2) is 0 Å². The van der Waals surface area contributed by atoms with Gasteiger partial charge in [-0.15, -0.1) is 0 Å². The number of hydrogen-bond donors (Lipinski definition) is 0. The molecule has 102 valence electrons. The Morgan fingerprint density at radius 2 is 1.14 bits per heavy atom. The van der Waals surface area contributed by atoms with Crippen LogP contribution in [0.15, 0.2) is 84.9 Å². The second-order valence-corrected chi connectivity index (χ2v) is 5.38. The summed E-state index contributed by atoms with van der Waals surface area (Å²) >= 11 is 0. The van der Waals surface area contributed by atoms with Gasteiger partial charge >= 0.3 is 0 Å². The van der Waals surface area contributed by atoms with E-state index in [9.17, 15) is 0 Å². The lowest BCUT2D eigenvalue weighted by Crippen LogP contribution is -2.11. The van der Waals surface area contributed by atoms with Gasteiger partial charge in [0.1, 0.15) is 11.9 Å². The molecule has 0 fully saturated rings. The Morgan fingerprint density at radius 3 is 1.86 bits per heavy atom. The maximum Gasteiger partial charge on any atom is 0.135 e. The monoisotopic (exact) mass is 272 g/mol. The van der Waals surface area contributed by atoms with Crippen LogP contribution in [0.3, 0.4) is 0 Å². The van der Waals surface area contributed by atoms with Crippen LogP contribution in [0.5, 0.6) is 5.75 Å². The fourth-order valence-electron chi connectivity index (χ4n) is 3.13. The molecular weight excluding hydrogens is 256 g/mol. The van der Waals surface area contributed by atoms with Crippen molar-refractivity contribution in [3.05, 3.63) is 102 Å². The van der Waals surface area contributed by atoms with Crippen molar-refractivity contribution >= 4 is 0 Å². The van der Waals surface area contributed by atoms with Crippen LogP contribution in [0.25, 0.3) is 0 Å². The molecular formula is C20H16O. The average Bonchev–Trinajstić information content (AvgIpc) is 2.96. The van der Waals surface area contributed by atoms with Crippen LogP contribution in [0.2, 0.25) is 0 Å². The van der Waals surface area contributed by atoms with Crippen molar-refractivity contribution in [2.75, 3.05) is 0 Å². The molecule has 0 saturated carbocycles. The number of hydrogen-bond acceptors (Lipinski definition) is 1. The molecule has 0 aromatic heterocycles. The van der Waals surface area contributed by atoms with Crippen LogP contribution in [0.1, 0.15) is 28.7 Å². The zero-order valence-corrected chi connectivity index (χ0v) is 11.6. The molecule has 0 spiro atoms. The van der Waals surface area contributed by atoms with Crippen molar-refractivity contribution in [2.24, 2.45) is 0 Å². The molecule has 1 nitrogen and oxygen atoms in total. The van der Waals surface area contributed by atoms with E-state index in [0.29, 0.717) is 0 Å². The second-order valence-electron chi connectivity index (χ2n) is 5.38. The quantitative estimate of drug-likeness (QED) is 0.641. The predicted molar refractivity (Wildman–Crippen MR) is 84.5 cm³/mol. The number of benzene rings is 3. The lowest BCUT2D eigenvalue weighted by molar-refractivity contribution is 0.222. The highest BCUT2D eigenvalue weighted by Gasteiger charge is 2.36. The Bertz CT molecular complexity index is 734. The van der Waals surface area contributed by atoms with Gasteiger partial charge in [0.15, 0.2) is 0 Å². The molecule has 0 amide bonds. The van der Waals surface area contributed by atoms with Crippen LogP contribution in [0.4, 0.5) is 0 Å². The molecule has 0 aliphatic carbocycles.